The van der Waals surface area contributed by atoms with Crippen molar-refractivity contribution >= 4 is 12.0 Å². The van der Waals surface area contributed by atoms with E-state index in [2.05, 4.69) is 46.8 Å². The third-order valence-electron chi connectivity index (χ3n) is 3.68. The molecule has 18 heavy (non-hydrogen) atoms. The van der Waals surface area contributed by atoms with Gasteiger partial charge in [0.05, 0.1) is 7.11 Å². The van der Waals surface area contributed by atoms with Crippen molar-refractivity contribution in [3.8, 4) is 0 Å². The maximum Gasteiger partial charge on any atom is 0.0508 e. The van der Waals surface area contributed by atoms with Crippen LogP contribution in [0.4, 0.5) is 0 Å². The van der Waals surface area contributed by atoms with Gasteiger partial charge in [0.25, 0.3) is 0 Å². The smallest absolute Gasteiger partial charge is 0.0508 e. The van der Waals surface area contributed by atoms with Gasteiger partial charge >= 0.3 is 0 Å². The van der Waals surface area contributed by atoms with E-state index in [0.29, 0.717) is 5.92 Å². The standard InChI is InChI=1S/C16H28OS/c1-11(2)9-15(12(3)4)14-7-8-16(18-17-6)13(5)10-14/h7-8,11-13,15H,9-10H2,1-6H3. The molecule has 1 aliphatic carbocycles. The molecule has 0 spiro atoms. The van der Waals surface area contributed by atoms with E-state index in [4.69, 9.17) is 4.18 Å². The fraction of sp³-hybridized carbons (Fsp3) is 0.750. The molecule has 1 rings (SSSR count). The van der Waals surface area contributed by atoms with Crippen LogP contribution in [-0.2, 0) is 4.18 Å². The van der Waals surface area contributed by atoms with E-state index >= 15 is 0 Å². The molecule has 0 radical (unpaired) electrons. The molecule has 0 bridgehead atoms. The zero-order valence-corrected chi connectivity index (χ0v) is 13.5. The maximum atomic E-state index is 5.18. The molecule has 2 atom stereocenters. The number of allylic oxidation sites excluding steroid dienone is 4. The molecular weight excluding hydrogens is 240 g/mol. The Morgan fingerprint density at radius 3 is 2.39 bits per heavy atom. The predicted molar refractivity (Wildman–Crippen MR) is 82.3 cm³/mol. The van der Waals surface area contributed by atoms with Crippen molar-refractivity contribution in [2.45, 2.75) is 47.5 Å². The molecule has 0 aliphatic heterocycles. The van der Waals surface area contributed by atoms with Crippen LogP contribution in [0.15, 0.2) is 22.6 Å². The first-order valence-corrected chi connectivity index (χ1v) is 7.81. The summed E-state index contributed by atoms with van der Waals surface area (Å²) in [4.78, 5) is 1.35. The molecule has 0 aromatic carbocycles. The van der Waals surface area contributed by atoms with E-state index in [1.54, 1.807) is 12.7 Å². The molecule has 1 nitrogen and oxygen atoms in total. The quantitative estimate of drug-likeness (QED) is 0.592. The van der Waals surface area contributed by atoms with Crippen LogP contribution in [0.25, 0.3) is 0 Å². The predicted octanol–water partition coefficient (Wildman–Crippen LogP) is 5.45. The summed E-state index contributed by atoms with van der Waals surface area (Å²) in [6.07, 6.45) is 7.09. The van der Waals surface area contributed by atoms with Crippen molar-refractivity contribution in [1.82, 2.24) is 0 Å². The average molecular weight is 268 g/mol. The van der Waals surface area contributed by atoms with Gasteiger partial charge in [0.1, 0.15) is 0 Å². The Morgan fingerprint density at radius 1 is 1.28 bits per heavy atom. The van der Waals surface area contributed by atoms with Crippen LogP contribution in [0, 0.1) is 23.7 Å². The molecule has 0 amide bonds. The highest BCUT2D eigenvalue weighted by molar-refractivity contribution is 7.98. The molecule has 1 aliphatic rings. The van der Waals surface area contributed by atoms with Gasteiger partial charge in [-0.2, -0.15) is 0 Å². The van der Waals surface area contributed by atoms with Crippen molar-refractivity contribution in [1.29, 1.82) is 0 Å². The molecular formula is C16H28OS. The molecule has 104 valence electrons. The SMILES string of the molecule is COSC1=CC=C(C(CC(C)C)C(C)C)CC1C. The molecule has 0 N–H and O–H groups in total. The maximum absolute atomic E-state index is 5.18. The molecule has 0 aromatic heterocycles. The first kappa shape index (κ1) is 15.8. The molecule has 0 fully saturated rings. The molecule has 0 saturated carbocycles. The first-order valence-electron chi connectivity index (χ1n) is 7.07. The Kier molecular flexibility index (Phi) is 6.51. The summed E-state index contributed by atoms with van der Waals surface area (Å²) in [6.45, 7) is 11.6. The van der Waals surface area contributed by atoms with Crippen molar-refractivity contribution in [2.75, 3.05) is 7.11 Å². The summed E-state index contributed by atoms with van der Waals surface area (Å²) >= 11 is 1.51. The zero-order chi connectivity index (χ0) is 13.7. The second-order valence-corrected chi connectivity index (χ2v) is 7.12. The summed E-state index contributed by atoms with van der Waals surface area (Å²) in [5.74, 6) is 2.84. The lowest BCUT2D eigenvalue weighted by Crippen LogP contribution is -2.18. The lowest BCUT2D eigenvalue weighted by atomic mass is 9.77. The molecule has 2 heteroatoms. The van der Waals surface area contributed by atoms with E-state index in [1.807, 2.05) is 0 Å². The Morgan fingerprint density at radius 2 is 1.94 bits per heavy atom. The monoisotopic (exact) mass is 268 g/mol. The van der Waals surface area contributed by atoms with Gasteiger partial charge in [-0.05, 0) is 36.5 Å². The van der Waals surface area contributed by atoms with Crippen molar-refractivity contribution in [2.24, 2.45) is 23.7 Å². The number of hydrogen-bond acceptors (Lipinski definition) is 2. The van der Waals surface area contributed by atoms with Gasteiger partial charge in [-0.3, -0.25) is 0 Å². The normalized spacial score (nSPS) is 22.1. The lowest BCUT2D eigenvalue weighted by molar-refractivity contribution is 0.348. The molecule has 0 heterocycles. The van der Waals surface area contributed by atoms with Crippen LogP contribution in [0.3, 0.4) is 0 Å². The molecule has 0 aromatic rings. The summed E-state index contributed by atoms with van der Waals surface area (Å²) in [6, 6.07) is 0. The van der Waals surface area contributed by atoms with E-state index in [9.17, 15) is 0 Å². The minimum Gasteiger partial charge on any atom is -0.314 e. The fourth-order valence-electron chi connectivity index (χ4n) is 2.72. The summed E-state index contributed by atoms with van der Waals surface area (Å²) in [5, 5.41) is 0. The van der Waals surface area contributed by atoms with Crippen LogP contribution < -0.4 is 0 Å². The van der Waals surface area contributed by atoms with Crippen molar-refractivity contribution < 1.29 is 4.18 Å². The highest BCUT2D eigenvalue weighted by Gasteiger charge is 2.24. The van der Waals surface area contributed by atoms with Crippen LogP contribution in [-0.4, -0.2) is 7.11 Å². The number of rotatable bonds is 6. The first-order chi connectivity index (χ1) is 8.45. The van der Waals surface area contributed by atoms with Crippen LogP contribution in [0.2, 0.25) is 0 Å². The van der Waals surface area contributed by atoms with Crippen LogP contribution in [0.5, 0.6) is 0 Å². The van der Waals surface area contributed by atoms with Gasteiger partial charge in [0, 0.05) is 16.9 Å². The Hall–Kier alpha value is -0.210. The Labute approximate surface area is 117 Å². The summed E-state index contributed by atoms with van der Waals surface area (Å²) < 4.78 is 5.18. The topological polar surface area (TPSA) is 9.23 Å². The second kappa shape index (κ2) is 7.40. The lowest BCUT2D eigenvalue weighted by Gasteiger charge is -2.30. The third-order valence-corrected chi connectivity index (χ3v) is 4.57. The molecule has 2 unspecified atom stereocenters. The highest BCUT2D eigenvalue weighted by atomic mass is 32.2. The van der Waals surface area contributed by atoms with Gasteiger partial charge in [-0.25, -0.2) is 0 Å². The summed E-state index contributed by atoms with van der Waals surface area (Å²) in [5.41, 5.74) is 1.63. The highest BCUT2D eigenvalue weighted by Crippen LogP contribution is 2.39. The van der Waals surface area contributed by atoms with Crippen molar-refractivity contribution in [3.63, 3.8) is 0 Å². The fourth-order valence-corrected chi connectivity index (χ4v) is 3.28. The minimum absolute atomic E-state index is 0.600. The van der Waals surface area contributed by atoms with Crippen LogP contribution >= 0.6 is 12.0 Å². The second-order valence-electron chi connectivity index (χ2n) is 6.15. The van der Waals surface area contributed by atoms with Crippen LogP contribution in [0.1, 0.15) is 47.5 Å². The van der Waals surface area contributed by atoms with Gasteiger partial charge < -0.3 is 4.18 Å². The molecule has 0 saturated heterocycles. The zero-order valence-electron chi connectivity index (χ0n) is 12.7. The van der Waals surface area contributed by atoms with E-state index < -0.39 is 0 Å². The van der Waals surface area contributed by atoms with Gasteiger partial charge in [-0.1, -0.05) is 52.3 Å². The average Bonchev–Trinajstić information content (AvgIpc) is 2.28. The van der Waals surface area contributed by atoms with Gasteiger partial charge in [0.15, 0.2) is 0 Å². The van der Waals surface area contributed by atoms with Crippen molar-refractivity contribution in [3.05, 3.63) is 22.6 Å². The largest absolute Gasteiger partial charge is 0.314 e. The van der Waals surface area contributed by atoms with Gasteiger partial charge in [-0.15, -0.1) is 0 Å². The van der Waals surface area contributed by atoms with E-state index in [1.165, 1.54) is 29.8 Å². The minimum atomic E-state index is 0.600. The van der Waals surface area contributed by atoms with E-state index in [0.717, 1.165) is 17.8 Å². The Balaban J connectivity index is 2.81. The van der Waals surface area contributed by atoms with Gasteiger partial charge in [0.2, 0.25) is 0 Å². The number of hydrogen-bond donors (Lipinski definition) is 0. The summed E-state index contributed by atoms with van der Waals surface area (Å²) in [7, 11) is 1.74. The van der Waals surface area contributed by atoms with E-state index in [-0.39, 0.29) is 0 Å². The Bertz CT molecular complexity index is 315. The third kappa shape index (κ3) is 4.47.